The summed E-state index contributed by atoms with van der Waals surface area (Å²) in [5.74, 6) is 5.34. The van der Waals surface area contributed by atoms with Crippen LogP contribution in [0.4, 0.5) is 11.6 Å². The van der Waals surface area contributed by atoms with Crippen molar-refractivity contribution in [2.45, 2.75) is 82.7 Å². The molecule has 0 atom stereocenters. The molecule has 0 spiro atoms. The summed E-state index contributed by atoms with van der Waals surface area (Å²) in [4.78, 5) is 27.7. The summed E-state index contributed by atoms with van der Waals surface area (Å²) in [5, 5.41) is 5.43. The molecule has 0 aromatic carbocycles. The first kappa shape index (κ1) is 29.8. The van der Waals surface area contributed by atoms with Gasteiger partial charge in [0, 0.05) is 49.9 Å². The molecule has 3 aliphatic rings. The van der Waals surface area contributed by atoms with Crippen molar-refractivity contribution in [1.82, 2.24) is 24.5 Å². The molecule has 6 rings (SSSR count). The maximum Gasteiger partial charge on any atom is 0.265 e. The van der Waals surface area contributed by atoms with Gasteiger partial charge in [0.05, 0.1) is 12.2 Å². The van der Waals surface area contributed by atoms with Crippen molar-refractivity contribution in [1.29, 1.82) is 0 Å². The maximum atomic E-state index is 13.6. The monoisotopic (exact) mass is 603 g/mol. The molecule has 0 bridgehead atoms. The summed E-state index contributed by atoms with van der Waals surface area (Å²) in [6, 6.07) is 11.5. The number of carbonyl (C=O) groups is 1. The fourth-order valence-electron chi connectivity index (χ4n) is 6.44. The smallest absolute Gasteiger partial charge is 0.265 e. The molecule has 1 amide bonds. The lowest BCUT2D eigenvalue weighted by atomic mass is 9.95. The number of rotatable bonds is 14. The van der Waals surface area contributed by atoms with E-state index in [4.69, 9.17) is 14.7 Å². The minimum absolute atomic E-state index is 0.106. The van der Waals surface area contributed by atoms with Crippen LogP contribution in [0.2, 0.25) is 0 Å². The van der Waals surface area contributed by atoms with Crippen LogP contribution in [0.25, 0.3) is 5.82 Å². The highest BCUT2D eigenvalue weighted by Crippen LogP contribution is 2.50. The van der Waals surface area contributed by atoms with Gasteiger partial charge in [-0.3, -0.25) is 9.52 Å². The first-order valence-corrected chi connectivity index (χ1v) is 16.8. The lowest BCUT2D eigenvalue weighted by molar-refractivity contribution is 0.0984. The zero-order valence-electron chi connectivity index (χ0n) is 26.0. The van der Waals surface area contributed by atoms with Crippen molar-refractivity contribution < 1.29 is 9.53 Å². The molecule has 1 aliphatic heterocycles. The molecule has 43 heavy (non-hydrogen) atoms. The van der Waals surface area contributed by atoms with E-state index in [2.05, 4.69) is 40.4 Å². The van der Waals surface area contributed by atoms with E-state index in [1.807, 2.05) is 49.6 Å². The zero-order chi connectivity index (χ0) is 30.0. The largest absolute Gasteiger partial charge is 0.477 e. The molecule has 2 saturated carbocycles. The maximum absolute atomic E-state index is 13.6. The second-order valence-corrected chi connectivity index (χ2v) is 13.8. The number of hydrogen-bond acceptors (Lipinski definition) is 8. The van der Waals surface area contributed by atoms with Crippen molar-refractivity contribution >= 4 is 29.5 Å². The minimum Gasteiger partial charge on any atom is -0.477 e. The minimum atomic E-state index is -0.193. The average Bonchev–Trinajstić information content (AvgIpc) is 3.94. The Balaban J connectivity index is 1.16. The molecule has 0 radical (unpaired) electrons. The number of nitrogens with one attached hydrogen (secondary N) is 1. The van der Waals surface area contributed by atoms with Gasteiger partial charge in [0.15, 0.2) is 5.82 Å². The highest BCUT2D eigenvalue weighted by Gasteiger charge is 2.41. The SMILES string of the molecule is CCCN(C)c1cccc(SNC(=O)c2ccc(-n3ccc(OCCC(C4CC4)C4CC4)n3)nc2N2CCCC2(C)C)n1. The molecule has 1 N–H and O–H groups in total. The van der Waals surface area contributed by atoms with Gasteiger partial charge in [0.25, 0.3) is 5.91 Å². The van der Waals surface area contributed by atoms with Gasteiger partial charge in [-0.15, -0.1) is 5.10 Å². The summed E-state index contributed by atoms with van der Waals surface area (Å²) in [6.07, 6.45) is 11.7. The van der Waals surface area contributed by atoms with Crippen LogP contribution in [0.5, 0.6) is 5.88 Å². The Morgan fingerprint density at radius 2 is 1.93 bits per heavy atom. The molecule has 9 nitrogen and oxygen atoms in total. The number of nitrogens with zero attached hydrogens (tertiary/aromatic N) is 6. The summed E-state index contributed by atoms with van der Waals surface area (Å²) in [7, 11) is 2.03. The topological polar surface area (TPSA) is 88.4 Å². The number of hydrogen-bond donors (Lipinski definition) is 1. The van der Waals surface area contributed by atoms with Crippen LogP contribution in [-0.2, 0) is 0 Å². The molecule has 3 aromatic rings. The Morgan fingerprint density at radius 3 is 2.63 bits per heavy atom. The van der Waals surface area contributed by atoms with E-state index in [1.54, 1.807) is 4.68 Å². The fourth-order valence-corrected chi connectivity index (χ4v) is 7.04. The first-order chi connectivity index (χ1) is 20.8. The summed E-state index contributed by atoms with van der Waals surface area (Å²) in [5.41, 5.74) is 0.436. The van der Waals surface area contributed by atoms with Crippen LogP contribution in [-0.4, -0.2) is 57.9 Å². The summed E-state index contributed by atoms with van der Waals surface area (Å²) >= 11 is 1.23. The highest BCUT2D eigenvalue weighted by molar-refractivity contribution is 7.97. The third-order valence-corrected chi connectivity index (χ3v) is 9.85. The van der Waals surface area contributed by atoms with Gasteiger partial charge in [0.1, 0.15) is 16.7 Å². The number of aromatic nitrogens is 4. The molecule has 10 heteroatoms. The Labute approximate surface area is 259 Å². The third-order valence-electron chi connectivity index (χ3n) is 9.12. The second-order valence-electron chi connectivity index (χ2n) is 13.0. The van der Waals surface area contributed by atoms with Gasteiger partial charge in [-0.1, -0.05) is 13.0 Å². The molecular formula is C33H45N7O2S. The van der Waals surface area contributed by atoms with E-state index in [1.165, 1.54) is 37.6 Å². The summed E-state index contributed by atoms with van der Waals surface area (Å²) < 4.78 is 10.8. The van der Waals surface area contributed by atoms with E-state index >= 15 is 0 Å². The van der Waals surface area contributed by atoms with Gasteiger partial charge in [-0.05, 0) is 107 Å². The first-order valence-electron chi connectivity index (χ1n) is 16.0. The quantitative estimate of drug-likeness (QED) is 0.208. The molecule has 230 valence electrons. The molecule has 0 unspecified atom stereocenters. The normalized spacial score (nSPS) is 17.8. The van der Waals surface area contributed by atoms with Gasteiger partial charge in [-0.25, -0.2) is 14.6 Å². The van der Waals surface area contributed by atoms with Crippen molar-refractivity contribution in [3.63, 3.8) is 0 Å². The van der Waals surface area contributed by atoms with Crippen LogP contribution in [0.1, 0.15) is 82.5 Å². The lowest BCUT2D eigenvalue weighted by Gasteiger charge is -2.34. The zero-order valence-corrected chi connectivity index (χ0v) is 26.8. The van der Waals surface area contributed by atoms with Crippen molar-refractivity contribution in [2.75, 3.05) is 36.5 Å². The van der Waals surface area contributed by atoms with Crippen molar-refractivity contribution in [2.24, 2.45) is 17.8 Å². The molecule has 3 aromatic heterocycles. The molecule has 2 aliphatic carbocycles. The predicted octanol–water partition coefficient (Wildman–Crippen LogP) is 6.53. The molecule has 4 heterocycles. The van der Waals surface area contributed by atoms with Gasteiger partial charge in [-0.2, -0.15) is 0 Å². The van der Waals surface area contributed by atoms with Crippen molar-refractivity contribution in [3.05, 3.63) is 48.2 Å². The van der Waals surface area contributed by atoms with Crippen LogP contribution < -0.4 is 19.3 Å². The van der Waals surface area contributed by atoms with Crippen LogP contribution in [0.15, 0.2) is 47.6 Å². The summed E-state index contributed by atoms with van der Waals surface area (Å²) in [6.45, 7) is 9.05. The molecule has 1 saturated heterocycles. The van der Waals surface area contributed by atoms with Gasteiger partial charge in [0.2, 0.25) is 5.88 Å². The Morgan fingerprint density at radius 1 is 1.14 bits per heavy atom. The average molecular weight is 604 g/mol. The van der Waals surface area contributed by atoms with Crippen LogP contribution in [0, 0.1) is 17.8 Å². The number of carbonyl (C=O) groups excluding carboxylic acids is 1. The van der Waals surface area contributed by atoms with Gasteiger partial charge >= 0.3 is 0 Å². The number of ether oxygens (including phenoxy) is 1. The van der Waals surface area contributed by atoms with Crippen LogP contribution >= 0.6 is 11.9 Å². The predicted molar refractivity (Wildman–Crippen MR) is 172 cm³/mol. The van der Waals surface area contributed by atoms with E-state index in [0.717, 1.165) is 67.4 Å². The Bertz CT molecular complexity index is 1410. The van der Waals surface area contributed by atoms with Crippen LogP contribution in [0.3, 0.4) is 0 Å². The second kappa shape index (κ2) is 12.8. The Hall–Kier alpha value is -3.27. The third kappa shape index (κ3) is 7.11. The molecule has 3 fully saturated rings. The Kier molecular flexibility index (Phi) is 8.84. The number of pyridine rings is 2. The van der Waals surface area contributed by atoms with E-state index < -0.39 is 0 Å². The number of anilines is 2. The highest BCUT2D eigenvalue weighted by atomic mass is 32.2. The standard InChI is InChI=1S/C33H45N7O2S/c1-5-19-38(4)27-8-6-9-30(34-27)43-37-32(41)26-14-15-28(35-31(26)39-20-7-18-33(39,2)3)40-21-16-29(36-40)42-22-17-25(23-10-11-23)24-12-13-24/h6,8-9,14-16,21,23-25H,5,7,10-13,17-20,22H2,1-4H3,(H,37,41). The lowest BCUT2D eigenvalue weighted by Crippen LogP contribution is -2.40. The molecular weight excluding hydrogens is 558 g/mol. The van der Waals surface area contributed by atoms with Crippen molar-refractivity contribution in [3.8, 4) is 11.7 Å². The van der Waals surface area contributed by atoms with E-state index in [9.17, 15) is 4.79 Å². The number of amides is 1. The fraction of sp³-hybridized carbons (Fsp3) is 0.576. The van der Waals surface area contributed by atoms with Gasteiger partial charge < -0.3 is 14.5 Å². The van der Waals surface area contributed by atoms with E-state index in [-0.39, 0.29) is 11.4 Å². The van der Waals surface area contributed by atoms with E-state index in [0.29, 0.717) is 29.7 Å².